The number of hydrogen-bond acceptors (Lipinski definition) is 3. The van der Waals surface area contributed by atoms with Gasteiger partial charge in [0.25, 0.3) is 0 Å². The lowest BCUT2D eigenvalue weighted by atomic mass is 9.84. The van der Waals surface area contributed by atoms with Crippen LogP contribution in [-0.2, 0) is 15.1 Å². The first-order valence-corrected chi connectivity index (χ1v) is 10.2. The number of halogens is 1. The van der Waals surface area contributed by atoms with Crippen LogP contribution in [0.3, 0.4) is 0 Å². The van der Waals surface area contributed by atoms with Gasteiger partial charge in [0.2, 0.25) is 11.8 Å². The van der Waals surface area contributed by atoms with Gasteiger partial charge in [0, 0.05) is 11.9 Å². The highest BCUT2D eigenvalue weighted by Crippen LogP contribution is 2.30. The van der Waals surface area contributed by atoms with Gasteiger partial charge in [0.15, 0.2) is 0 Å². The predicted octanol–water partition coefficient (Wildman–Crippen LogP) is 4.75. The Bertz CT molecular complexity index is 815. The second-order valence-electron chi connectivity index (χ2n) is 7.07. The number of carbonyl (C=O) groups is 2. The molecule has 0 saturated heterocycles. The van der Waals surface area contributed by atoms with Gasteiger partial charge in [-0.05, 0) is 48.2 Å². The van der Waals surface area contributed by atoms with Crippen LogP contribution in [0.2, 0.25) is 5.02 Å². The molecule has 0 aliphatic rings. The van der Waals surface area contributed by atoms with Gasteiger partial charge < -0.3 is 15.4 Å². The summed E-state index contributed by atoms with van der Waals surface area (Å²) >= 11 is 6.02. The highest BCUT2D eigenvalue weighted by Gasteiger charge is 2.31. The Hall–Kier alpha value is -2.53. The van der Waals surface area contributed by atoms with Crippen LogP contribution in [0.4, 0.5) is 0 Å². The van der Waals surface area contributed by atoms with Crippen molar-refractivity contribution < 1.29 is 14.3 Å². The summed E-state index contributed by atoms with van der Waals surface area (Å²) in [5.74, 6) is 0.408. The molecule has 2 rings (SSSR count). The number of ether oxygens (including phenoxy) is 1. The molecule has 0 aliphatic carbocycles. The monoisotopic (exact) mass is 416 g/mol. The van der Waals surface area contributed by atoms with Gasteiger partial charge in [-0.25, -0.2) is 0 Å². The summed E-state index contributed by atoms with van der Waals surface area (Å²) in [5.41, 5.74) is 1.38. The van der Waals surface area contributed by atoms with E-state index in [0.717, 1.165) is 29.7 Å². The number of amides is 2. The van der Waals surface area contributed by atoms with Crippen LogP contribution in [0, 0.1) is 0 Å². The number of methoxy groups -OCH3 is 1. The molecule has 1 unspecified atom stereocenters. The Morgan fingerprint density at radius 2 is 1.62 bits per heavy atom. The fraction of sp³-hybridized carbons (Fsp3) is 0.391. The molecule has 2 aromatic rings. The zero-order chi connectivity index (χ0) is 21.4. The average Bonchev–Trinajstić information content (AvgIpc) is 2.72. The zero-order valence-electron chi connectivity index (χ0n) is 17.4. The van der Waals surface area contributed by atoms with Gasteiger partial charge in [0.1, 0.15) is 5.75 Å². The van der Waals surface area contributed by atoms with Crippen molar-refractivity contribution >= 4 is 23.4 Å². The van der Waals surface area contributed by atoms with Crippen LogP contribution in [0.1, 0.15) is 57.2 Å². The molecule has 2 N–H and O–H groups in total. The standard InChI is InChI=1S/C23H29ClN2O3/c1-5-23(6-2,18-9-11-19(24)12-10-18)26-22(28)15-21(25-16(3)27)17-7-13-20(29-4)14-8-17/h7-14,21H,5-6,15H2,1-4H3,(H,25,27)(H,26,28). The maximum atomic E-state index is 13.0. The largest absolute Gasteiger partial charge is 0.497 e. The van der Waals surface area contributed by atoms with E-state index in [2.05, 4.69) is 10.6 Å². The van der Waals surface area contributed by atoms with E-state index in [1.165, 1.54) is 6.92 Å². The van der Waals surface area contributed by atoms with Gasteiger partial charge in [-0.15, -0.1) is 0 Å². The summed E-state index contributed by atoms with van der Waals surface area (Å²) in [6.07, 6.45) is 1.62. The van der Waals surface area contributed by atoms with E-state index in [1.54, 1.807) is 7.11 Å². The lowest BCUT2D eigenvalue weighted by Crippen LogP contribution is -2.46. The Morgan fingerprint density at radius 3 is 2.10 bits per heavy atom. The van der Waals surface area contributed by atoms with Crippen molar-refractivity contribution in [3.63, 3.8) is 0 Å². The summed E-state index contributed by atoms with van der Waals surface area (Å²) in [5, 5.41) is 6.74. The summed E-state index contributed by atoms with van der Waals surface area (Å²) < 4.78 is 5.19. The van der Waals surface area contributed by atoms with Crippen molar-refractivity contribution in [1.29, 1.82) is 0 Å². The van der Waals surface area contributed by atoms with Crippen molar-refractivity contribution in [2.24, 2.45) is 0 Å². The number of benzene rings is 2. The lowest BCUT2D eigenvalue weighted by molar-refractivity contribution is -0.124. The Balaban J connectivity index is 2.22. The van der Waals surface area contributed by atoms with Gasteiger partial charge in [-0.3, -0.25) is 9.59 Å². The second-order valence-corrected chi connectivity index (χ2v) is 7.51. The van der Waals surface area contributed by atoms with Crippen molar-refractivity contribution in [2.75, 3.05) is 7.11 Å². The Labute approximate surface area is 177 Å². The summed E-state index contributed by atoms with van der Waals surface area (Å²) in [6, 6.07) is 14.5. The van der Waals surface area contributed by atoms with E-state index < -0.39 is 11.6 Å². The third-order valence-corrected chi connectivity index (χ3v) is 5.52. The van der Waals surface area contributed by atoms with Crippen molar-refractivity contribution in [2.45, 2.75) is 51.6 Å². The molecule has 0 aromatic heterocycles. The zero-order valence-corrected chi connectivity index (χ0v) is 18.2. The molecule has 2 aromatic carbocycles. The minimum absolute atomic E-state index is 0.127. The molecule has 0 saturated carbocycles. The van der Waals surface area contributed by atoms with E-state index in [4.69, 9.17) is 16.3 Å². The fourth-order valence-electron chi connectivity index (χ4n) is 3.51. The van der Waals surface area contributed by atoms with Gasteiger partial charge in [-0.2, -0.15) is 0 Å². The van der Waals surface area contributed by atoms with Crippen molar-refractivity contribution in [3.05, 3.63) is 64.7 Å². The average molecular weight is 417 g/mol. The molecule has 5 nitrogen and oxygen atoms in total. The first kappa shape index (κ1) is 22.8. The van der Waals surface area contributed by atoms with Crippen molar-refractivity contribution in [1.82, 2.24) is 10.6 Å². The Morgan fingerprint density at radius 1 is 1.03 bits per heavy atom. The molecular formula is C23H29ClN2O3. The van der Waals surface area contributed by atoms with Crippen LogP contribution < -0.4 is 15.4 Å². The first-order valence-electron chi connectivity index (χ1n) is 9.81. The highest BCUT2D eigenvalue weighted by molar-refractivity contribution is 6.30. The third kappa shape index (κ3) is 5.97. The van der Waals surface area contributed by atoms with E-state index in [1.807, 2.05) is 62.4 Å². The maximum absolute atomic E-state index is 13.0. The van der Waals surface area contributed by atoms with Gasteiger partial charge in [0.05, 0.1) is 25.1 Å². The van der Waals surface area contributed by atoms with E-state index >= 15 is 0 Å². The topological polar surface area (TPSA) is 67.4 Å². The molecule has 156 valence electrons. The molecule has 0 aliphatic heterocycles. The maximum Gasteiger partial charge on any atom is 0.223 e. The molecule has 0 heterocycles. The van der Waals surface area contributed by atoms with Crippen LogP contribution >= 0.6 is 11.6 Å². The third-order valence-electron chi connectivity index (χ3n) is 5.27. The van der Waals surface area contributed by atoms with Crippen molar-refractivity contribution in [3.8, 4) is 5.75 Å². The summed E-state index contributed by atoms with van der Waals surface area (Å²) in [6.45, 7) is 5.55. The molecule has 0 bridgehead atoms. The lowest BCUT2D eigenvalue weighted by Gasteiger charge is -2.34. The fourth-order valence-corrected chi connectivity index (χ4v) is 3.64. The predicted molar refractivity (Wildman–Crippen MR) is 116 cm³/mol. The Kier molecular flexibility index (Phi) is 8.09. The molecule has 1 atom stereocenters. The molecule has 0 radical (unpaired) electrons. The van der Waals surface area contributed by atoms with Crippen LogP contribution in [0.25, 0.3) is 0 Å². The van der Waals surface area contributed by atoms with Crippen LogP contribution in [0.5, 0.6) is 5.75 Å². The van der Waals surface area contributed by atoms with Gasteiger partial charge >= 0.3 is 0 Å². The van der Waals surface area contributed by atoms with E-state index in [-0.39, 0.29) is 18.2 Å². The smallest absolute Gasteiger partial charge is 0.223 e. The second kappa shape index (κ2) is 10.3. The minimum Gasteiger partial charge on any atom is -0.497 e. The molecule has 6 heteroatoms. The normalized spacial score (nSPS) is 12.2. The number of rotatable bonds is 9. The minimum atomic E-state index is -0.484. The van der Waals surface area contributed by atoms with E-state index in [9.17, 15) is 9.59 Å². The summed E-state index contributed by atoms with van der Waals surface area (Å²) in [7, 11) is 1.60. The van der Waals surface area contributed by atoms with Crippen LogP contribution in [-0.4, -0.2) is 18.9 Å². The molecule has 29 heavy (non-hydrogen) atoms. The van der Waals surface area contributed by atoms with E-state index in [0.29, 0.717) is 5.02 Å². The quantitative estimate of drug-likeness (QED) is 0.620. The number of carbonyl (C=O) groups excluding carboxylic acids is 2. The van der Waals surface area contributed by atoms with Crippen LogP contribution in [0.15, 0.2) is 48.5 Å². The SMILES string of the molecule is CCC(CC)(NC(=O)CC(NC(C)=O)c1ccc(OC)cc1)c1ccc(Cl)cc1. The first-order chi connectivity index (χ1) is 13.8. The highest BCUT2D eigenvalue weighted by atomic mass is 35.5. The number of nitrogens with one attached hydrogen (secondary N) is 2. The molecular weight excluding hydrogens is 388 g/mol. The molecule has 2 amide bonds. The van der Waals surface area contributed by atoms with Gasteiger partial charge in [-0.1, -0.05) is 49.7 Å². The number of hydrogen-bond donors (Lipinski definition) is 2. The molecule has 0 spiro atoms. The summed E-state index contributed by atoms with van der Waals surface area (Å²) in [4.78, 5) is 24.7. The molecule has 0 fully saturated rings.